The first-order chi connectivity index (χ1) is 12.1. The van der Waals surface area contributed by atoms with Crippen LogP contribution in [0.1, 0.15) is 16.3 Å². The van der Waals surface area contributed by atoms with Gasteiger partial charge in [-0.1, -0.05) is 0 Å². The Morgan fingerprint density at radius 2 is 2.12 bits per heavy atom. The van der Waals surface area contributed by atoms with Crippen molar-refractivity contribution in [3.8, 4) is 17.1 Å². The topological polar surface area (TPSA) is 108 Å². The Bertz CT molecular complexity index is 898. The van der Waals surface area contributed by atoms with Crippen molar-refractivity contribution in [2.75, 3.05) is 7.11 Å². The average Bonchev–Trinajstić information content (AvgIpc) is 3.30. The van der Waals surface area contributed by atoms with E-state index in [0.29, 0.717) is 11.5 Å². The number of furan rings is 2. The lowest BCUT2D eigenvalue weighted by Crippen LogP contribution is -2.21. The minimum absolute atomic E-state index is 0.0478. The molecule has 1 aromatic carbocycles. The second kappa shape index (κ2) is 6.91. The maximum atomic E-state index is 12.1. The fourth-order valence-electron chi connectivity index (χ4n) is 2.27. The van der Waals surface area contributed by atoms with E-state index in [1.54, 1.807) is 18.2 Å². The van der Waals surface area contributed by atoms with E-state index in [1.807, 2.05) is 0 Å². The molecule has 25 heavy (non-hydrogen) atoms. The number of ether oxygens (including phenoxy) is 1. The van der Waals surface area contributed by atoms with Gasteiger partial charge in [0.05, 0.1) is 36.5 Å². The van der Waals surface area contributed by atoms with E-state index in [9.17, 15) is 14.9 Å². The quantitative estimate of drug-likeness (QED) is 0.543. The summed E-state index contributed by atoms with van der Waals surface area (Å²) in [6.45, 7) is 0.213. The second-order valence-corrected chi connectivity index (χ2v) is 5.07. The van der Waals surface area contributed by atoms with Crippen molar-refractivity contribution in [2.45, 2.75) is 6.54 Å². The highest BCUT2D eigenvalue weighted by atomic mass is 16.6. The molecule has 0 saturated heterocycles. The Morgan fingerprint density at radius 1 is 1.28 bits per heavy atom. The third-order valence-corrected chi connectivity index (χ3v) is 3.50. The Morgan fingerprint density at radius 3 is 2.80 bits per heavy atom. The third kappa shape index (κ3) is 3.52. The molecule has 8 heteroatoms. The lowest BCUT2D eigenvalue weighted by atomic mass is 10.1. The molecule has 128 valence electrons. The molecule has 1 N–H and O–H groups in total. The molecule has 0 unspecified atom stereocenters. The zero-order valence-electron chi connectivity index (χ0n) is 13.2. The lowest BCUT2D eigenvalue weighted by Gasteiger charge is -2.03. The van der Waals surface area contributed by atoms with Crippen molar-refractivity contribution in [2.24, 2.45) is 0 Å². The number of nitro groups is 1. The maximum absolute atomic E-state index is 12.1. The molecule has 0 atom stereocenters. The highest BCUT2D eigenvalue weighted by molar-refractivity contribution is 5.92. The molecule has 8 nitrogen and oxygen atoms in total. The van der Waals surface area contributed by atoms with Gasteiger partial charge in [0.2, 0.25) is 0 Å². The molecule has 2 heterocycles. The minimum atomic E-state index is -0.531. The van der Waals surface area contributed by atoms with Gasteiger partial charge < -0.3 is 18.9 Å². The van der Waals surface area contributed by atoms with Crippen LogP contribution in [-0.4, -0.2) is 17.9 Å². The molecule has 2 aromatic heterocycles. The zero-order chi connectivity index (χ0) is 17.8. The van der Waals surface area contributed by atoms with Gasteiger partial charge in [-0.15, -0.1) is 0 Å². The normalized spacial score (nSPS) is 10.4. The van der Waals surface area contributed by atoms with Crippen LogP contribution in [0.5, 0.6) is 5.75 Å². The number of rotatable bonds is 6. The minimum Gasteiger partial charge on any atom is -0.497 e. The van der Waals surface area contributed by atoms with E-state index in [2.05, 4.69) is 5.32 Å². The van der Waals surface area contributed by atoms with Crippen molar-refractivity contribution in [3.63, 3.8) is 0 Å². The molecular weight excluding hydrogens is 328 g/mol. The highest BCUT2D eigenvalue weighted by Crippen LogP contribution is 2.34. The van der Waals surface area contributed by atoms with Gasteiger partial charge in [0.25, 0.3) is 11.6 Å². The molecule has 0 fully saturated rings. The van der Waals surface area contributed by atoms with Gasteiger partial charge in [-0.05, 0) is 36.4 Å². The molecule has 0 radical (unpaired) electrons. The number of amides is 1. The van der Waals surface area contributed by atoms with Gasteiger partial charge >= 0.3 is 0 Å². The molecule has 0 spiro atoms. The number of nitro benzene ring substituents is 1. The van der Waals surface area contributed by atoms with Crippen LogP contribution in [0.4, 0.5) is 5.69 Å². The summed E-state index contributed by atoms with van der Waals surface area (Å²) in [7, 11) is 1.42. The summed E-state index contributed by atoms with van der Waals surface area (Å²) in [5.41, 5.74) is 0.0899. The van der Waals surface area contributed by atoms with Crippen molar-refractivity contribution in [1.29, 1.82) is 0 Å². The Hall–Kier alpha value is -3.55. The van der Waals surface area contributed by atoms with Crippen LogP contribution < -0.4 is 10.1 Å². The first-order valence-electron chi connectivity index (χ1n) is 7.31. The Balaban J connectivity index is 1.81. The first-order valence-corrected chi connectivity index (χ1v) is 7.31. The first kappa shape index (κ1) is 16.3. The molecule has 3 aromatic rings. The van der Waals surface area contributed by atoms with Gasteiger partial charge in [0.15, 0.2) is 5.76 Å². The maximum Gasteiger partial charge on any atom is 0.287 e. The zero-order valence-corrected chi connectivity index (χ0v) is 13.2. The van der Waals surface area contributed by atoms with E-state index in [0.717, 1.165) is 0 Å². The van der Waals surface area contributed by atoms with Crippen LogP contribution >= 0.6 is 0 Å². The summed E-state index contributed by atoms with van der Waals surface area (Å²) in [4.78, 5) is 22.8. The number of hydrogen-bond acceptors (Lipinski definition) is 6. The predicted molar refractivity (Wildman–Crippen MR) is 87.2 cm³/mol. The monoisotopic (exact) mass is 342 g/mol. The smallest absolute Gasteiger partial charge is 0.287 e. The Kier molecular flexibility index (Phi) is 4.51. The highest BCUT2D eigenvalue weighted by Gasteiger charge is 2.21. The molecule has 3 rings (SSSR count). The molecular formula is C17H14N2O6. The summed E-state index contributed by atoms with van der Waals surface area (Å²) >= 11 is 0. The van der Waals surface area contributed by atoms with E-state index in [1.165, 1.54) is 37.6 Å². The van der Waals surface area contributed by atoms with Gasteiger partial charge in [-0.3, -0.25) is 14.9 Å². The molecule has 0 aliphatic rings. The van der Waals surface area contributed by atoms with Gasteiger partial charge in [0.1, 0.15) is 17.3 Å². The van der Waals surface area contributed by atoms with Crippen LogP contribution in [0.3, 0.4) is 0 Å². The van der Waals surface area contributed by atoms with Crippen LogP contribution in [0.2, 0.25) is 0 Å². The van der Waals surface area contributed by atoms with Crippen molar-refractivity contribution < 1.29 is 23.3 Å². The average molecular weight is 342 g/mol. The number of nitrogens with zero attached hydrogens (tertiary/aromatic N) is 1. The number of nitrogens with one attached hydrogen (secondary N) is 1. The molecule has 0 aliphatic carbocycles. The lowest BCUT2D eigenvalue weighted by molar-refractivity contribution is -0.384. The molecule has 0 saturated carbocycles. The van der Waals surface area contributed by atoms with Gasteiger partial charge in [-0.25, -0.2) is 0 Å². The van der Waals surface area contributed by atoms with Crippen LogP contribution in [0.15, 0.2) is 57.6 Å². The Labute approximate surface area is 142 Å². The number of hydrogen-bond donors (Lipinski definition) is 1. The van der Waals surface area contributed by atoms with E-state index in [-0.39, 0.29) is 29.3 Å². The molecule has 0 aliphatic heterocycles. The van der Waals surface area contributed by atoms with Crippen molar-refractivity contribution >= 4 is 11.6 Å². The van der Waals surface area contributed by atoms with E-state index in [4.69, 9.17) is 13.6 Å². The summed E-state index contributed by atoms with van der Waals surface area (Å²) in [5.74, 6) is 0.785. The number of carbonyl (C=O) groups is 1. The SMILES string of the molecule is COc1ccc(-c2ccc(C(=O)NCc3ccco3)o2)c([N+](=O)[O-])c1. The predicted octanol–water partition coefficient (Wildman–Crippen LogP) is 3.39. The summed E-state index contributed by atoms with van der Waals surface area (Å²) < 4.78 is 15.6. The summed E-state index contributed by atoms with van der Waals surface area (Å²) in [6.07, 6.45) is 1.51. The standard InChI is InChI=1S/C17H14N2O6/c1-23-11-4-5-13(14(9-11)19(21)22)15-6-7-16(25-15)17(20)18-10-12-3-2-8-24-12/h2-9H,10H2,1H3,(H,18,20). The number of carbonyl (C=O) groups excluding carboxylic acids is 1. The van der Waals surface area contributed by atoms with Crippen LogP contribution in [0.25, 0.3) is 11.3 Å². The fourth-order valence-corrected chi connectivity index (χ4v) is 2.27. The van der Waals surface area contributed by atoms with Crippen molar-refractivity contribution in [3.05, 3.63) is 70.4 Å². The molecule has 0 bridgehead atoms. The summed E-state index contributed by atoms with van der Waals surface area (Å²) in [5, 5.41) is 13.9. The fraction of sp³-hybridized carbons (Fsp3) is 0.118. The third-order valence-electron chi connectivity index (χ3n) is 3.50. The van der Waals surface area contributed by atoms with Crippen LogP contribution in [0, 0.1) is 10.1 Å². The van der Waals surface area contributed by atoms with Gasteiger partial charge in [0, 0.05) is 0 Å². The largest absolute Gasteiger partial charge is 0.497 e. The molecule has 1 amide bonds. The summed E-state index contributed by atoms with van der Waals surface area (Å²) in [6, 6.07) is 10.8. The van der Waals surface area contributed by atoms with E-state index >= 15 is 0 Å². The van der Waals surface area contributed by atoms with Gasteiger partial charge in [-0.2, -0.15) is 0 Å². The van der Waals surface area contributed by atoms with Crippen LogP contribution in [-0.2, 0) is 6.54 Å². The number of benzene rings is 1. The second-order valence-electron chi connectivity index (χ2n) is 5.07. The number of methoxy groups -OCH3 is 1. The van der Waals surface area contributed by atoms with E-state index < -0.39 is 10.8 Å². The van der Waals surface area contributed by atoms with Crippen molar-refractivity contribution in [1.82, 2.24) is 5.32 Å².